The Hall–Kier alpha value is -2.23. The number of alkyl halides is 2. The number of nitrogens with zero attached hydrogens (tertiary/aromatic N) is 2. The second kappa shape index (κ2) is 5.87. The lowest BCUT2D eigenvalue weighted by atomic mass is 9.92. The summed E-state index contributed by atoms with van der Waals surface area (Å²) in [6.07, 6.45) is -2.83. The topological polar surface area (TPSA) is 53.3 Å². The third-order valence-corrected chi connectivity index (χ3v) is 3.66. The maximum absolute atomic E-state index is 14.0. The summed E-state index contributed by atoms with van der Waals surface area (Å²) in [6, 6.07) is 4.28. The summed E-state index contributed by atoms with van der Waals surface area (Å²) in [4.78, 5) is 13.4. The summed E-state index contributed by atoms with van der Waals surface area (Å²) in [5.41, 5.74) is -1.68. The predicted molar refractivity (Wildman–Crippen MR) is 71.8 cm³/mol. The Morgan fingerprint density at radius 1 is 1.45 bits per heavy atom. The molecule has 0 saturated carbocycles. The van der Waals surface area contributed by atoms with Crippen molar-refractivity contribution < 1.29 is 22.7 Å². The molecule has 118 valence electrons. The zero-order valence-corrected chi connectivity index (χ0v) is 12.2. The smallest absolute Gasteiger partial charge is 0.252 e. The Kier molecular flexibility index (Phi) is 4.31. The number of hydrogen-bond donors (Lipinski definition) is 0. The van der Waals surface area contributed by atoms with Crippen LogP contribution in [0.4, 0.5) is 13.2 Å². The second-order valence-electron chi connectivity index (χ2n) is 5.61. The summed E-state index contributed by atoms with van der Waals surface area (Å²) in [5, 5.41) is 9.02. The van der Waals surface area contributed by atoms with E-state index in [1.165, 1.54) is 6.07 Å². The van der Waals surface area contributed by atoms with E-state index in [0.717, 1.165) is 24.8 Å². The molecule has 0 bridgehead atoms. The van der Waals surface area contributed by atoms with Crippen molar-refractivity contribution in [1.82, 2.24) is 4.90 Å². The molecular formula is C15H15F3N2O2. The molecule has 1 aromatic carbocycles. The van der Waals surface area contributed by atoms with E-state index < -0.39 is 23.6 Å². The summed E-state index contributed by atoms with van der Waals surface area (Å²) in [6.45, 7) is 2.15. The van der Waals surface area contributed by atoms with Gasteiger partial charge in [0.2, 0.25) is 5.91 Å². The zero-order chi connectivity index (χ0) is 16.5. The van der Waals surface area contributed by atoms with Crippen LogP contribution in [0.3, 0.4) is 0 Å². The molecule has 0 fully saturated rings. The maximum Gasteiger partial charge on any atom is 0.252 e. The molecule has 0 saturated heterocycles. The number of halogens is 3. The van der Waals surface area contributed by atoms with Crippen molar-refractivity contribution in [3.8, 4) is 11.8 Å². The quantitative estimate of drug-likeness (QED) is 0.844. The van der Waals surface area contributed by atoms with Crippen LogP contribution in [-0.4, -0.2) is 30.4 Å². The van der Waals surface area contributed by atoms with E-state index in [0.29, 0.717) is 0 Å². The lowest BCUT2D eigenvalue weighted by molar-refractivity contribution is -0.149. The first-order valence-corrected chi connectivity index (χ1v) is 6.70. The first kappa shape index (κ1) is 16.1. The molecule has 7 heteroatoms. The predicted octanol–water partition coefficient (Wildman–Crippen LogP) is 2.71. The lowest BCUT2D eigenvalue weighted by Gasteiger charge is -2.30. The minimum absolute atomic E-state index is 0.0101. The molecule has 4 nitrogen and oxygen atoms in total. The highest BCUT2D eigenvalue weighted by molar-refractivity contribution is 5.82. The van der Waals surface area contributed by atoms with Crippen molar-refractivity contribution in [1.29, 1.82) is 5.26 Å². The van der Waals surface area contributed by atoms with Crippen molar-refractivity contribution in [2.75, 3.05) is 13.2 Å². The Labute approximate surface area is 126 Å². The minimum atomic E-state index is -2.83. The van der Waals surface area contributed by atoms with E-state index in [9.17, 15) is 18.0 Å². The van der Waals surface area contributed by atoms with E-state index >= 15 is 0 Å². The van der Waals surface area contributed by atoms with Crippen LogP contribution in [-0.2, 0) is 11.3 Å². The third-order valence-electron chi connectivity index (χ3n) is 3.66. The summed E-state index contributed by atoms with van der Waals surface area (Å²) in [5.74, 6) is -1.34. The van der Waals surface area contributed by atoms with Gasteiger partial charge in [-0.05, 0) is 26.0 Å². The fraction of sp³-hybridized carbons (Fsp3) is 0.467. The van der Waals surface area contributed by atoms with Gasteiger partial charge in [-0.25, -0.2) is 13.2 Å². The van der Waals surface area contributed by atoms with E-state index in [1.807, 2.05) is 6.07 Å². The molecular weight excluding hydrogens is 297 g/mol. The molecule has 22 heavy (non-hydrogen) atoms. The molecule has 0 aliphatic carbocycles. The van der Waals surface area contributed by atoms with Crippen LogP contribution < -0.4 is 4.74 Å². The summed E-state index contributed by atoms with van der Waals surface area (Å²) < 4.78 is 45.4. The molecule has 0 atom stereocenters. The van der Waals surface area contributed by atoms with Gasteiger partial charge in [-0.2, -0.15) is 5.26 Å². The Balaban J connectivity index is 2.38. The van der Waals surface area contributed by atoms with Crippen LogP contribution in [0.25, 0.3) is 0 Å². The van der Waals surface area contributed by atoms with E-state index in [2.05, 4.69) is 0 Å². The first-order chi connectivity index (χ1) is 10.3. The Morgan fingerprint density at radius 2 is 2.14 bits per heavy atom. The molecule has 0 aromatic heterocycles. The number of fused-ring (bicyclic) bond motifs is 1. The SMILES string of the molecule is CC(C)(C(=O)N1CCOc2c(C#N)ccc(F)c2C1)C(F)F. The highest BCUT2D eigenvalue weighted by Crippen LogP contribution is 2.33. The number of hydrogen-bond acceptors (Lipinski definition) is 3. The van der Waals surface area contributed by atoms with Crippen LogP contribution >= 0.6 is 0 Å². The van der Waals surface area contributed by atoms with Crippen LogP contribution in [0.15, 0.2) is 12.1 Å². The Bertz CT molecular complexity index is 638. The van der Waals surface area contributed by atoms with Crippen LogP contribution in [0, 0.1) is 22.6 Å². The number of benzene rings is 1. The molecule has 0 unspecified atom stereocenters. The van der Waals surface area contributed by atoms with E-state index in [4.69, 9.17) is 10.00 Å². The molecule has 1 aromatic rings. The molecule has 1 aliphatic heterocycles. The van der Waals surface area contributed by atoms with Gasteiger partial charge in [0.05, 0.1) is 24.2 Å². The normalized spacial score (nSPS) is 14.9. The average Bonchev–Trinajstić information content (AvgIpc) is 2.70. The van der Waals surface area contributed by atoms with Crippen molar-refractivity contribution in [2.24, 2.45) is 5.41 Å². The van der Waals surface area contributed by atoms with Crippen LogP contribution in [0.2, 0.25) is 0 Å². The molecule has 2 rings (SSSR count). The number of nitriles is 1. The van der Waals surface area contributed by atoms with Gasteiger partial charge in [0.15, 0.2) is 0 Å². The zero-order valence-electron chi connectivity index (χ0n) is 12.2. The molecule has 0 spiro atoms. The van der Waals surface area contributed by atoms with Gasteiger partial charge >= 0.3 is 0 Å². The van der Waals surface area contributed by atoms with Crippen molar-refractivity contribution in [2.45, 2.75) is 26.8 Å². The minimum Gasteiger partial charge on any atom is -0.490 e. The largest absolute Gasteiger partial charge is 0.490 e. The number of carbonyl (C=O) groups is 1. The Morgan fingerprint density at radius 3 is 2.73 bits per heavy atom. The van der Waals surface area contributed by atoms with Crippen LogP contribution in [0.5, 0.6) is 5.75 Å². The first-order valence-electron chi connectivity index (χ1n) is 6.70. The van der Waals surface area contributed by atoms with Gasteiger partial charge in [0.1, 0.15) is 29.7 Å². The van der Waals surface area contributed by atoms with E-state index in [1.54, 1.807) is 0 Å². The van der Waals surface area contributed by atoms with Gasteiger partial charge in [0, 0.05) is 0 Å². The van der Waals surface area contributed by atoms with Gasteiger partial charge in [-0.15, -0.1) is 0 Å². The highest BCUT2D eigenvalue weighted by Gasteiger charge is 2.41. The number of ether oxygens (including phenoxy) is 1. The molecule has 1 amide bonds. The van der Waals surface area contributed by atoms with E-state index in [-0.39, 0.29) is 36.6 Å². The lowest BCUT2D eigenvalue weighted by Crippen LogP contribution is -2.45. The van der Waals surface area contributed by atoms with Gasteiger partial charge in [-0.3, -0.25) is 4.79 Å². The van der Waals surface area contributed by atoms with Gasteiger partial charge in [-0.1, -0.05) is 0 Å². The second-order valence-corrected chi connectivity index (χ2v) is 5.61. The molecule has 0 radical (unpaired) electrons. The van der Waals surface area contributed by atoms with Crippen molar-refractivity contribution in [3.63, 3.8) is 0 Å². The van der Waals surface area contributed by atoms with Crippen molar-refractivity contribution >= 4 is 5.91 Å². The van der Waals surface area contributed by atoms with Gasteiger partial charge < -0.3 is 9.64 Å². The van der Waals surface area contributed by atoms with Gasteiger partial charge in [0.25, 0.3) is 6.43 Å². The van der Waals surface area contributed by atoms with Crippen molar-refractivity contribution in [3.05, 3.63) is 29.1 Å². The molecule has 0 N–H and O–H groups in total. The fourth-order valence-corrected chi connectivity index (χ4v) is 2.21. The fourth-order valence-electron chi connectivity index (χ4n) is 2.21. The standard InChI is InChI=1S/C15H15F3N2O2/c1-15(2,13(17)18)14(21)20-5-6-22-12-9(7-19)3-4-11(16)10(12)8-20/h3-4,13H,5-6,8H2,1-2H3. The molecule has 1 aliphatic rings. The monoisotopic (exact) mass is 312 g/mol. The third kappa shape index (κ3) is 2.73. The highest BCUT2D eigenvalue weighted by atomic mass is 19.3. The summed E-state index contributed by atoms with van der Waals surface area (Å²) in [7, 11) is 0. The number of amides is 1. The van der Waals surface area contributed by atoms with Crippen LogP contribution in [0.1, 0.15) is 25.0 Å². The number of carbonyl (C=O) groups excluding carboxylic acids is 1. The number of rotatable bonds is 2. The average molecular weight is 312 g/mol. The summed E-state index contributed by atoms with van der Waals surface area (Å²) >= 11 is 0. The molecule has 1 heterocycles. The maximum atomic E-state index is 14.0.